The number of rotatable bonds is 4. The van der Waals surface area contributed by atoms with Crippen LogP contribution in [-0.4, -0.2) is 20.0 Å². The summed E-state index contributed by atoms with van der Waals surface area (Å²) in [6.07, 6.45) is 5.70. The Morgan fingerprint density at radius 1 is 1.12 bits per heavy atom. The van der Waals surface area contributed by atoms with Gasteiger partial charge < -0.3 is 9.47 Å². The molecule has 0 spiro atoms. The molecule has 0 fully saturated rings. The quantitative estimate of drug-likeness (QED) is 0.591. The Bertz CT molecular complexity index is 419. The van der Waals surface area contributed by atoms with Crippen molar-refractivity contribution in [2.24, 2.45) is 5.92 Å². The topological polar surface area (TPSA) is 35.5 Å². The van der Waals surface area contributed by atoms with E-state index in [9.17, 15) is 4.79 Å². The highest BCUT2D eigenvalue weighted by molar-refractivity contribution is 6.03. The van der Waals surface area contributed by atoms with Gasteiger partial charge in [-0.05, 0) is 25.0 Å². The predicted molar refractivity (Wildman–Crippen MR) is 65.7 cm³/mol. The van der Waals surface area contributed by atoms with Gasteiger partial charge in [0.2, 0.25) is 0 Å². The highest BCUT2D eigenvalue weighted by atomic mass is 16.5. The van der Waals surface area contributed by atoms with E-state index in [0.717, 1.165) is 12.8 Å². The molecule has 17 heavy (non-hydrogen) atoms. The molecule has 3 nitrogen and oxygen atoms in total. The number of Topliss-reactive ketones (excluding diaryl/α,β-unsaturated/α-hetero) is 1. The first kappa shape index (κ1) is 11.7. The first-order valence-corrected chi connectivity index (χ1v) is 5.68. The van der Waals surface area contributed by atoms with Crippen molar-refractivity contribution in [3.05, 3.63) is 35.9 Å². The summed E-state index contributed by atoms with van der Waals surface area (Å²) in [7, 11) is 3.14. The van der Waals surface area contributed by atoms with Gasteiger partial charge in [-0.15, -0.1) is 0 Å². The van der Waals surface area contributed by atoms with Crippen molar-refractivity contribution in [2.45, 2.75) is 12.8 Å². The summed E-state index contributed by atoms with van der Waals surface area (Å²) in [5.41, 5.74) is 0.561. The van der Waals surface area contributed by atoms with Crippen LogP contribution in [0.25, 0.3) is 0 Å². The number of hydrogen-bond donors (Lipinski definition) is 0. The normalized spacial score (nSPS) is 14.9. The highest BCUT2D eigenvalue weighted by Gasteiger charge is 2.26. The predicted octanol–water partition coefficient (Wildman–Crippen LogP) is 2.85. The molecule has 3 heteroatoms. The van der Waals surface area contributed by atoms with Crippen molar-refractivity contribution in [3.63, 3.8) is 0 Å². The number of carbonyl (C=O) groups excluding carboxylic acids is 1. The SMILES string of the molecule is COc1cccc(OC)c1C(=O)C1CC=CC1. The van der Waals surface area contributed by atoms with Crippen molar-refractivity contribution in [2.75, 3.05) is 14.2 Å². The number of methoxy groups -OCH3 is 2. The molecule has 0 heterocycles. The van der Waals surface area contributed by atoms with Crippen LogP contribution < -0.4 is 9.47 Å². The Hall–Kier alpha value is -1.77. The molecule has 0 saturated carbocycles. The van der Waals surface area contributed by atoms with E-state index < -0.39 is 0 Å². The van der Waals surface area contributed by atoms with Gasteiger partial charge in [0.1, 0.15) is 17.1 Å². The maximum absolute atomic E-state index is 12.4. The van der Waals surface area contributed by atoms with Gasteiger partial charge in [-0.3, -0.25) is 4.79 Å². The van der Waals surface area contributed by atoms with Crippen molar-refractivity contribution in [1.29, 1.82) is 0 Å². The maximum Gasteiger partial charge on any atom is 0.174 e. The van der Waals surface area contributed by atoms with E-state index in [4.69, 9.17) is 9.47 Å². The van der Waals surface area contributed by atoms with Gasteiger partial charge in [0.05, 0.1) is 14.2 Å². The Balaban J connectivity index is 2.38. The van der Waals surface area contributed by atoms with Gasteiger partial charge in [-0.2, -0.15) is 0 Å². The van der Waals surface area contributed by atoms with Crippen LogP contribution in [0.15, 0.2) is 30.4 Å². The molecule has 0 bridgehead atoms. The molecule has 0 saturated heterocycles. The van der Waals surface area contributed by atoms with Crippen molar-refractivity contribution >= 4 is 5.78 Å². The fourth-order valence-electron chi connectivity index (χ4n) is 2.13. The van der Waals surface area contributed by atoms with E-state index in [0.29, 0.717) is 17.1 Å². The standard InChI is InChI=1S/C14H16O3/c1-16-11-8-5-9-12(17-2)13(11)14(15)10-6-3-4-7-10/h3-5,8-10H,6-7H2,1-2H3. The molecule has 1 aromatic rings. The minimum absolute atomic E-state index is 0.0280. The minimum atomic E-state index is 0.0280. The van der Waals surface area contributed by atoms with Gasteiger partial charge in [0.15, 0.2) is 5.78 Å². The van der Waals surface area contributed by atoms with Crippen molar-refractivity contribution in [3.8, 4) is 11.5 Å². The Morgan fingerprint density at radius 2 is 1.65 bits per heavy atom. The fourth-order valence-corrected chi connectivity index (χ4v) is 2.13. The number of ketones is 1. The van der Waals surface area contributed by atoms with Gasteiger partial charge >= 0.3 is 0 Å². The summed E-state index contributed by atoms with van der Waals surface area (Å²) in [6.45, 7) is 0. The van der Waals surface area contributed by atoms with E-state index in [1.807, 2.05) is 18.2 Å². The molecule has 0 aromatic heterocycles. The van der Waals surface area contributed by atoms with Gasteiger partial charge in [0, 0.05) is 5.92 Å². The van der Waals surface area contributed by atoms with Crippen LogP contribution in [0, 0.1) is 5.92 Å². The van der Waals surface area contributed by atoms with Crippen molar-refractivity contribution in [1.82, 2.24) is 0 Å². The van der Waals surface area contributed by atoms with Crippen LogP contribution in [0.4, 0.5) is 0 Å². The fraction of sp³-hybridized carbons (Fsp3) is 0.357. The van der Waals surface area contributed by atoms with Crippen LogP contribution >= 0.6 is 0 Å². The third-order valence-electron chi connectivity index (χ3n) is 3.05. The van der Waals surface area contributed by atoms with Crippen LogP contribution in [-0.2, 0) is 0 Å². The lowest BCUT2D eigenvalue weighted by Crippen LogP contribution is -2.14. The molecule has 1 aliphatic rings. The zero-order valence-corrected chi connectivity index (χ0v) is 10.1. The molecule has 90 valence electrons. The van der Waals surface area contributed by atoms with Crippen molar-refractivity contribution < 1.29 is 14.3 Å². The summed E-state index contributed by atoms with van der Waals surface area (Å²) in [6, 6.07) is 5.40. The van der Waals surface area contributed by atoms with Crippen LogP contribution in [0.2, 0.25) is 0 Å². The molecule has 1 aromatic carbocycles. The van der Waals surface area contributed by atoms with Crippen LogP contribution in [0.3, 0.4) is 0 Å². The van der Waals surface area contributed by atoms with E-state index >= 15 is 0 Å². The average Bonchev–Trinajstić information content (AvgIpc) is 2.90. The van der Waals surface area contributed by atoms with E-state index in [1.54, 1.807) is 26.4 Å². The third-order valence-corrected chi connectivity index (χ3v) is 3.05. The number of hydrogen-bond acceptors (Lipinski definition) is 3. The zero-order valence-electron chi connectivity index (χ0n) is 10.1. The molecule has 0 radical (unpaired) electrons. The van der Waals surface area contributed by atoms with Crippen LogP contribution in [0.5, 0.6) is 11.5 Å². The lowest BCUT2D eigenvalue weighted by atomic mass is 9.94. The molecular formula is C14H16O3. The molecule has 2 rings (SSSR count). The van der Waals surface area contributed by atoms with Crippen LogP contribution in [0.1, 0.15) is 23.2 Å². The van der Waals surface area contributed by atoms with Gasteiger partial charge in [-0.1, -0.05) is 18.2 Å². The third kappa shape index (κ3) is 2.18. The zero-order chi connectivity index (χ0) is 12.3. The Labute approximate surface area is 101 Å². The van der Waals surface area contributed by atoms with E-state index in [2.05, 4.69) is 0 Å². The average molecular weight is 232 g/mol. The van der Waals surface area contributed by atoms with Gasteiger partial charge in [0.25, 0.3) is 0 Å². The minimum Gasteiger partial charge on any atom is -0.496 e. The molecule has 0 amide bonds. The Morgan fingerprint density at radius 3 is 2.12 bits per heavy atom. The number of benzene rings is 1. The number of carbonyl (C=O) groups is 1. The second-order valence-corrected chi connectivity index (χ2v) is 4.04. The number of allylic oxidation sites excluding steroid dienone is 2. The first-order chi connectivity index (χ1) is 8.27. The second kappa shape index (κ2) is 5.04. The lowest BCUT2D eigenvalue weighted by molar-refractivity contribution is 0.0920. The summed E-state index contributed by atoms with van der Waals surface area (Å²) in [5.74, 6) is 1.30. The summed E-state index contributed by atoms with van der Waals surface area (Å²) in [4.78, 5) is 12.4. The summed E-state index contributed by atoms with van der Waals surface area (Å²) in [5, 5.41) is 0. The molecule has 1 aliphatic carbocycles. The molecule has 0 atom stereocenters. The Kier molecular flexibility index (Phi) is 3.47. The molecule has 0 aliphatic heterocycles. The summed E-state index contributed by atoms with van der Waals surface area (Å²) < 4.78 is 10.5. The molecule has 0 N–H and O–H groups in total. The molecular weight excluding hydrogens is 216 g/mol. The number of ether oxygens (including phenoxy) is 2. The smallest absolute Gasteiger partial charge is 0.174 e. The highest BCUT2D eigenvalue weighted by Crippen LogP contribution is 2.33. The monoisotopic (exact) mass is 232 g/mol. The lowest BCUT2D eigenvalue weighted by Gasteiger charge is -2.15. The largest absolute Gasteiger partial charge is 0.496 e. The van der Waals surface area contributed by atoms with E-state index in [-0.39, 0.29) is 11.7 Å². The van der Waals surface area contributed by atoms with E-state index in [1.165, 1.54) is 0 Å². The van der Waals surface area contributed by atoms with Gasteiger partial charge in [-0.25, -0.2) is 0 Å². The maximum atomic E-state index is 12.4. The first-order valence-electron chi connectivity index (χ1n) is 5.68. The second-order valence-electron chi connectivity index (χ2n) is 4.04. The summed E-state index contributed by atoms with van der Waals surface area (Å²) >= 11 is 0. The molecule has 0 unspecified atom stereocenters.